The molecule has 0 saturated heterocycles. The second kappa shape index (κ2) is 9.78. The highest BCUT2D eigenvalue weighted by molar-refractivity contribution is 6.46. The summed E-state index contributed by atoms with van der Waals surface area (Å²) < 4.78 is 45.1. The lowest BCUT2D eigenvalue weighted by molar-refractivity contribution is -0.142. The Morgan fingerprint density at radius 3 is 2.61 bits per heavy atom. The van der Waals surface area contributed by atoms with Crippen LogP contribution in [0.5, 0.6) is 5.75 Å². The number of benzene rings is 1. The van der Waals surface area contributed by atoms with E-state index in [0.29, 0.717) is 17.8 Å². The number of pyridine rings is 1. The van der Waals surface area contributed by atoms with Crippen molar-refractivity contribution in [2.45, 2.75) is 37.6 Å². The number of aromatic nitrogens is 1. The first-order valence-electron chi connectivity index (χ1n) is 10.5. The van der Waals surface area contributed by atoms with Gasteiger partial charge in [0.05, 0.1) is 0 Å². The van der Waals surface area contributed by atoms with Crippen LogP contribution < -0.4 is 15.8 Å². The SMILES string of the molecule is CN=C(C(=O)NCC1(N(C)C)CCC1)c1cc(OCc2cccnc2C(F)(F)F)ccc1N. The number of alkyl halides is 3. The molecular formula is C23H28F3N5O2. The zero-order chi connectivity index (χ0) is 24.2. The quantitative estimate of drug-likeness (QED) is 0.463. The van der Waals surface area contributed by atoms with Crippen LogP contribution in [0, 0.1) is 0 Å². The molecule has 3 N–H and O–H groups in total. The first kappa shape index (κ1) is 24.5. The van der Waals surface area contributed by atoms with E-state index in [2.05, 4.69) is 20.2 Å². The molecule has 1 aliphatic rings. The summed E-state index contributed by atoms with van der Waals surface area (Å²) in [7, 11) is 5.47. The molecule has 0 bridgehead atoms. The van der Waals surface area contributed by atoms with Crippen molar-refractivity contribution < 1.29 is 22.7 Å². The normalized spacial score (nSPS) is 15.8. The van der Waals surface area contributed by atoms with Crippen LogP contribution in [-0.2, 0) is 17.6 Å². The number of amides is 1. The Kier molecular flexibility index (Phi) is 7.26. The van der Waals surface area contributed by atoms with Gasteiger partial charge in [0.15, 0.2) is 5.69 Å². The van der Waals surface area contributed by atoms with Crippen LogP contribution in [0.25, 0.3) is 0 Å². The number of anilines is 1. The highest BCUT2D eigenvalue weighted by atomic mass is 19.4. The number of nitrogens with two attached hydrogens (primary N) is 1. The topological polar surface area (TPSA) is 92.8 Å². The lowest BCUT2D eigenvalue weighted by Crippen LogP contribution is -2.57. The van der Waals surface area contributed by atoms with Gasteiger partial charge in [-0.1, -0.05) is 6.07 Å². The van der Waals surface area contributed by atoms with E-state index in [4.69, 9.17) is 10.5 Å². The van der Waals surface area contributed by atoms with Crippen LogP contribution in [0.15, 0.2) is 41.5 Å². The summed E-state index contributed by atoms with van der Waals surface area (Å²) >= 11 is 0. The summed E-state index contributed by atoms with van der Waals surface area (Å²) in [5.74, 6) is -0.116. The molecule has 1 aromatic carbocycles. The molecule has 10 heteroatoms. The number of halogens is 3. The van der Waals surface area contributed by atoms with Crippen molar-refractivity contribution in [3.05, 3.63) is 53.3 Å². The molecule has 1 amide bonds. The number of hydrogen-bond donors (Lipinski definition) is 2. The molecule has 2 aromatic rings. The summed E-state index contributed by atoms with van der Waals surface area (Å²) in [4.78, 5) is 22.5. The smallest absolute Gasteiger partial charge is 0.433 e. The standard InChI is InChI=1S/C23H28F3N5O2/c1-28-19(21(32)30-14-22(31(2)3)9-5-10-22)17-12-16(7-8-18(17)27)33-13-15-6-4-11-29-20(15)23(24,25)26/h4,6-8,11-12H,5,9-10,13-14,27H2,1-3H3,(H,30,32). The Hall–Kier alpha value is -3.14. The third-order valence-electron chi connectivity index (χ3n) is 6.08. The minimum absolute atomic E-state index is 0.0646. The number of nitrogens with zero attached hydrogens (tertiary/aromatic N) is 3. The third kappa shape index (κ3) is 5.44. The highest BCUT2D eigenvalue weighted by Crippen LogP contribution is 2.35. The van der Waals surface area contributed by atoms with Crippen LogP contribution in [0.3, 0.4) is 0 Å². The number of hydrogen-bond acceptors (Lipinski definition) is 6. The summed E-state index contributed by atoms with van der Waals surface area (Å²) in [6.45, 7) is 0.136. The van der Waals surface area contributed by atoms with E-state index in [1.807, 2.05) is 14.1 Å². The molecule has 33 heavy (non-hydrogen) atoms. The van der Waals surface area contributed by atoms with Gasteiger partial charge in [-0.2, -0.15) is 13.2 Å². The van der Waals surface area contributed by atoms with E-state index < -0.39 is 11.9 Å². The monoisotopic (exact) mass is 463 g/mol. The van der Waals surface area contributed by atoms with Gasteiger partial charge in [-0.15, -0.1) is 0 Å². The van der Waals surface area contributed by atoms with Crippen molar-refractivity contribution in [2.75, 3.05) is 33.4 Å². The van der Waals surface area contributed by atoms with Crippen LogP contribution in [0.4, 0.5) is 18.9 Å². The van der Waals surface area contributed by atoms with Gasteiger partial charge in [0.25, 0.3) is 5.91 Å². The number of carbonyl (C=O) groups is 1. The first-order valence-corrected chi connectivity index (χ1v) is 10.5. The number of nitrogen functional groups attached to an aromatic ring is 1. The molecular weight excluding hydrogens is 435 g/mol. The van der Waals surface area contributed by atoms with Crippen LogP contribution in [0.1, 0.15) is 36.1 Å². The average molecular weight is 464 g/mol. The molecule has 1 aliphatic carbocycles. The molecule has 0 unspecified atom stereocenters. The minimum atomic E-state index is -4.59. The van der Waals surface area contributed by atoms with Gasteiger partial charge in [-0.25, -0.2) is 0 Å². The number of likely N-dealkylation sites (N-methyl/N-ethyl adjacent to an activating group) is 1. The zero-order valence-electron chi connectivity index (χ0n) is 18.9. The van der Waals surface area contributed by atoms with Gasteiger partial charge in [0.2, 0.25) is 0 Å². The maximum atomic E-state index is 13.2. The van der Waals surface area contributed by atoms with Crippen LogP contribution in [0.2, 0.25) is 0 Å². The van der Waals surface area contributed by atoms with E-state index >= 15 is 0 Å². The molecule has 1 heterocycles. The molecule has 0 atom stereocenters. The Balaban J connectivity index is 1.74. The Bertz CT molecular complexity index is 1030. The predicted octanol–water partition coefficient (Wildman–Crippen LogP) is 3.28. The van der Waals surface area contributed by atoms with Gasteiger partial charge in [-0.3, -0.25) is 14.8 Å². The van der Waals surface area contributed by atoms with Gasteiger partial charge < -0.3 is 20.7 Å². The fraction of sp³-hybridized carbons (Fsp3) is 0.435. The average Bonchev–Trinajstić information content (AvgIpc) is 2.73. The molecule has 3 rings (SSSR count). The summed E-state index contributed by atoms with van der Waals surface area (Å²) in [6, 6.07) is 7.29. The van der Waals surface area contributed by atoms with Crippen LogP contribution >= 0.6 is 0 Å². The van der Waals surface area contributed by atoms with E-state index in [-0.39, 0.29) is 35.1 Å². The van der Waals surface area contributed by atoms with E-state index in [0.717, 1.165) is 25.5 Å². The molecule has 1 fully saturated rings. The van der Waals surface area contributed by atoms with Crippen molar-refractivity contribution in [3.63, 3.8) is 0 Å². The van der Waals surface area contributed by atoms with Crippen molar-refractivity contribution in [2.24, 2.45) is 4.99 Å². The highest BCUT2D eigenvalue weighted by Gasteiger charge is 2.39. The lowest BCUT2D eigenvalue weighted by atomic mass is 9.75. The van der Waals surface area contributed by atoms with E-state index in [1.165, 1.54) is 37.4 Å². The molecule has 0 radical (unpaired) electrons. The first-order chi connectivity index (χ1) is 15.6. The number of rotatable bonds is 8. The van der Waals surface area contributed by atoms with Gasteiger partial charge >= 0.3 is 6.18 Å². The minimum Gasteiger partial charge on any atom is -0.489 e. The van der Waals surface area contributed by atoms with E-state index in [9.17, 15) is 18.0 Å². The van der Waals surface area contributed by atoms with Crippen molar-refractivity contribution in [3.8, 4) is 5.75 Å². The molecule has 7 nitrogen and oxygen atoms in total. The molecule has 1 aromatic heterocycles. The lowest BCUT2D eigenvalue weighted by Gasteiger charge is -2.47. The van der Waals surface area contributed by atoms with Crippen molar-refractivity contribution >= 4 is 17.3 Å². The Morgan fingerprint density at radius 2 is 2.03 bits per heavy atom. The fourth-order valence-corrected chi connectivity index (χ4v) is 3.84. The zero-order valence-corrected chi connectivity index (χ0v) is 18.9. The second-order valence-electron chi connectivity index (χ2n) is 8.27. The number of ether oxygens (including phenoxy) is 1. The molecule has 178 valence electrons. The van der Waals surface area contributed by atoms with Crippen molar-refractivity contribution in [1.29, 1.82) is 0 Å². The predicted molar refractivity (Wildman–Crippen MR) is 120 cm³/mol. The summed E-state index contributed by atoms with van der Waals surface area (Å²) in [6.07, 6.45) is -0.393. The Morgan fingerprint density at radius 1 is 1.30 bits per heavy atom. The number of nitrogens with one attached hydrogen (secondary N) is 1. The van der Waals surface area contributed by atoms with Gasteiger partial charge in [0, 0.05) is 42.1 Å². The largest absolute Gasteiger partial charge is 0.489 e. The third-order valence-corrected chi connectivity index (χ3v) is 6.08. The maximum Gasteiger partial charge on any atom is 0.433 e. The maximum absolute atomic E-state index is 13.2. The molecule has 0 spiro atoms. The van der Waals surface area contributed by atoms with Gasteiger partial charge in [-0.05, 0) is 57.6 Å². The molecule has 1 saturated carbocycles. The second-order valence-corrected chi connectivity index (χ2v) is 8.27. The number of aliphatic imine (C=N–C) groups is 1. The summed E-state index contributed by atoms with van der Waals surface area (Å²) in [5, 5.41) is 2.94. The van der Waals surface area contributed by atoms with Crippen LogP contribution in [-0.4, -0.2) is 54.7 Å². The van der Waals surface area contributed by atoms with Crippen molar-refractivity contribution in [1.82, 2.24) is 15.2 Å². The summed E-state index contributed by atoms with van der Waals surface area (Å²) in [5.41, 5.74) is 5.70. The van der Waals surface area contributed by atoms with Gasteiger partial charge in [0.1, 0.15) is 18.1 Å². The number of carbonyl (C=O) groups excluding carboxylic acids is 1. The molecule has 0 aliphatic heterocycles. The Labute approximate surface area is 190 Å². The fourth-order valence-electron chi connectivity index (χ4n) is 3.84. The van der Waals surface area contributed by atoms with E-state index in [1.54, 1.807) is 0 Å².